The van der Waals surface area contributed by atoms with E-state index in [1.165, 1.54) is 6.07 Å². The molecule has 6 heteroatoms. The monoisotopic (exact) mass is 374 g/mol. The van der Waals surface area contributed by atoms with Gasteiger partial charge in [0, 0.05) is 4.47 Å². The zero-order valence-electron chi connectivity index (χ0n) is 10.9. The van der Waals surface area contributed by atoms with Gasteiger partial charge in [0.2, 0.25) is 5.78 Å². The highest BCUT2D eigenvalue weighted by Gasteiger charge is 2.18. The average Bonchev–Trinajstić information content (AvgIpc) is 2.37. The maximum Gasteiger partial charge on any atom is 0.206 e. The predicted octanol–water partition coefficient (Wildman–Crippen LogP) is 4.95. The Morgan fingerprint density at radius 3 is 2.48 bits per heavy atom. The fraction of sp³-hybridized carbons (Fsp3) is 0.133. The first kappa shape index (κ1) is 15.9. The van der Waals surface area contributed by atoms with E-state index in [0.29, 0.717) is 16.3 Å². The van der Waals surface area contributed by atoms with Crippen LogP contribution < -0.4 is 4.74 Å². The minimum atomic E-state index is -0.915. The number of carbonyl (C=O) groups excluding carboxylic acids is 1. The summed E-state index contributed by atoms with van der Waals surface area (Å²) < 4.78 is 33.1. The summed E-state index contributed by atoms with van der Waals surface area (Å²) in [4.78, 5) is 11.9. The van der Waals surface area contributed by atoms with Crippen LogP contribution in [0.5, 0.6) is 5.75 Å². The van der Waals surface area contributed by atoms with Gasteiger partial charge in [0.1, 0.15) is 17.4 Å². The smallest absolute Gasteiger partial charge is 0.206 e. The maximum absolute atomic E-state index is 13.5. The molecule has 2 aromatic rings. The van der Waals surface area contributed by atoms with Crippen molar-refractivity contribution in [2.45, 2.75) is 6.92 Å². The van der Waals surface area contributed by atoms with Crippen LogP contribution in [-0.4, -0.2) is 12.4 Å². The quantitative estimate of drug-likeness (QED) is 0.707. The molecular weight excluding hydrogens is 366 g/mol. The molecule has 0 saturated heterocycles. The van der Waals surface area contributed by atoms with Crippen LogP contribution >= 0.6 is 27.5 Å². The van der Waals surface area contributed by atoms with Gasteiger partial charge >= 0.3 is 0 Å². The highest BCUT2D eigenvalue weighted by Crippen LogP contribution is 2.32. The molecule has 0 aromatic heterocycles. The molecule has 0 unspecified atom stereocenters. The molecule has 0 bridgehead atoms. The van der Waals surface area contributed by atoms with Crippen LogP contribution in [-0.2, 0) is 0 Å². The van der Waals surface area contributed by atoms with Crippen LogP contribution in [0, 0.1) is 18.6 Å². The lowest BCUT2D eigenvalue weighted by Crippen LogP contribution is -2.15. The minimum absolute atomic E-state index is 0.309. The Morgan fingerprint density at radius 1 is 1.29 bits per heavy atom. The van der Waals surface area contributed by atoms with Gasteiger partial charge in [0.05, 0.1) is 10.6 Å². The lowest BCUT2D eigenvalue weighted by molar-refractivity contribution is 0.0912. The van der Waals surface area contributed by atoms with Crippen LogP contribution in [0.4, 0.5) is 8.78 Å². The fourth-order valence-corrected chi connectivity index (χ4v) is 2.87. The SMILES string of the molecule is Cc1cc(Br)cc(Cl)c1OCC(=O)c1c(F)cccc1F. The van der Waals surface area contributed by atoms with Gasteiger partial charge in [0.15, 0.2) is 6.61 Å². The molecule has 21 heavy (non-hydrogen) atoms. The number of rotatable bonds is 4. The molecule has 0 amide bonds. The molecule has 110 valence electrons. The number of aryl methyl sites for hydroxylation is 1. The number of ether oxygens (including phenoxy) is 1. The summed E-state index contributed by atoms with van der Waals surface area (Å²) in [6.07, 6.45) is 0. The Hall–Kier alpha value is -1.46. The van der Waals surface area contributed by atoms with Gasteiger partial charge in [-0.1, -0.05) is 33.6 Å². The molecule has 0 aliphatic heterocycles. The van der Waals surface area contributed by atoms with Crippen LogP contribution in [0.1, 0.15) is 15.9 Å². The van der Waals surface area contributed by atoms with E-state index in [9.17, 15) is 13.6 Å². The first-order valence-electron chi connectivity index (χ1n) is 5.96. The van der Waals surface area contributed by atoms with E-state index in [-0.39, 0.29) is 0 Å². The zero-order valence-corrected chi connectivity index (χ0v) is 13.3. The second-order valence-corrected chi connectivity index (χ2v) is 5.67. The van der Waals surface area contributed by atoms with Crippen molar-refractivity contribution >= 4 is 33.3 Å². The molecule has 0 spiro atoms. The van der Waals surface area contributed by atoms with Crippen molar-refractivity contribution in [1.82, 2.24) is 0 Å². The van der Waals surface area contributed by atoms with Crippen molar-refractivity contribution in [3.05, 3.63) is 62.6 Å². The van der Waals surface area contributed by atoms with Crippen LogP contribution in [0.3, 0.4) is 0 Å². The molecule has 0 heterocycles. The number of carbonyl (C=O) groups is 1. The summed E-state index contributed by atoms with van der Waals surface area (Å²) in [5.41, 5.74) is 0.0968. The summed E-state index contributed by atoms with van der Waals surface area (Å²) in [6, 6.07) is 6.60. The molecule has 0 fully saturated rings. The number of halogens is 4. The summed E-state index contributed by atoms with van der Waals surface area (Å²) in [5.74, 6) is -2.31. The Kier molecular flexibility index (Phi) is 4.96. The summed E-state index contributed by atoms with van der Waals surface area (Å²) >= 11 is 9.29. The van der Waals surface area contributed by atoms with Gasteiger partial charge in [-0.3, -0.25) is 4.79 Å². The van der Waals surface area contributed by atoms with Gasteiger partial charge in [-0.2, -0.15) is 0 Å². The van der Waals surface area contributed by atoms with E-state index >= 15 is 0 Å². The van der Waals surface area contributed by atoms with Gasteiger partial charge in [-0.05, 0) is 36.8 Å². The number of hydrogen-bond acceptors (Lipinski definition) is 2. The van der Waals surface area contributed by atoms with Crippen LogP contribution in [0.25, 0.3) is 0 Å². The highest BCUT2D eigenvalue weighted by atomic mass is 79.9. The molecule has 0 N–H and O–H groups in total. The molecule has 0 aliphatic carbocycles. The lowest BCUT2D eigenvalue weighted by Gasteiger charge is -2.11. The first-order valence-corrected chi connectivity index (χ1v) is 7.13. The maximum atomic E-state index is 13.5. The van der Waals surface area contributed by atoms with E-state index in [2.05, 4.69) is 15.9 Å². The molecule has 0 radical (unpaired) electrons. The Morgan fingerprint density at radius 2 is 1.90 bits per heavy atom. The van der Waals surface area contributed by atoms with Crippen molar-refractivity contribution in [2.75, 3.05) is 6.61 Å². The molecule has 2 rings (SSSR count). The molecular formula is C15H10BrClF2O2. The predicted molar refractivity (Wildman–Crippen MR) is 80.1 cm³/mol. The molecule has 2 aromatic carbocycles. The third-order valence-corrected chi connectivity index (χ3v) is 3.52. The second-order valence-electron chi connectivity index (χ2n) is 4.34. The number of benzene rings is 2. The van der Waals surface area contributed by atoms with E-state index < -0.39 is 29.6 Å². The number of ketones is 1. The molecule has 0 atom stereocenters. The zero-order chi connectivity index (χ0) is 15.6. The van der Waals surface area contributed by atoms with E-state index in [1.807, 2.05) is 0 Å². The minimum Gasteiger partial charge on any atom is -0.484 e. The van der Waals surface area contributed by atoms with E-state index in [4.69, 9.17) is 16.3 Å². The van der Waals surface area contributed by atoms with Crippen molar-refractivity contribution in [3.8, 4) is 5.75 Å². The van der Waals surface area contributed by atoms with Crippen molar-refractivity contribution in [2.24, 2.45) is 0 Å². The standard InChI is InChI=1S/C15H10BrClF2O2/c1-8-5-9(16)6-10(17)15(8)21-7-13(20)14-11(18)3-2-4-12(14)19/h2-6H,7H2,1H3. The van der Waals surface area contributed by atoms with Crippen LogP contribution in [0.2, 0.25) is 5.02 Å². The summed E-state index contributed by atoms with van der Waals surface area (Å²) in [5, 5.41) is 0.309. The Balaban J connectivity index is 2.19. The van der Waals surface area contributed by atoms with Crippen LogP contribution in [0.15, 0.2) is 34.8 Å². The third kappa shape index (κ3) is 3.60. The van der Waals surface area contributed by atoms with Gasteiger partial charge in [-0.25, -0.2) is 8.78 Å². The van der Waals surface area contributed by atoms with Gasteiger partial charge < -0.3 is 4.74 Å². The largest absolute Gasteiger partial charge is 0.484 e. The summed E-state index contributed by atoms with van der Waals surface area (Å²) in [6.45, 7) is 1.25. The molecule has 0 saturated carbocycles. The second kappa shape index (κ2) is 6.54. The average molecular weight is 376 g/mol. The third-order valence-electron chi connectivity index (χ3n) is 2.78. The molecule has 0 aliphatic rings. The number of Topliss-reactive ketones (excluding diaryl/α,β-unsaturated/α-hetero) is 1. The van der Waals surface area contributed by atoms with Crippen molar-refractivity contribution in [1.29, 1.82) is 0 Å². The van der Waals surface area contributed by atoms with E-state index in [0.717, 1.165) is 16.6 Å². The molecule has 2 nitrogen and oxygen atoms in total. The fourth-order valence-electron chi connectivity index (χ4n) is 1.85. The summed E-state index contributed by atoms with van der Waals surface area (Å²) in [7, 11) is 0. The van der Waals surface area contributed by atoms with Crippen molar-refractivity contribution < 1.29 is 18.3 Å². The Labute approximate surface area is 133 Å². The number of hydrogen-bond donors (Lipinski definition) is 0. The first-order chi connectivity index (χ1) is 9.90. The topological polar surface area (TPSA) is 26.3 Å². The van der Waals surface area contributed by atoms with Gasteiger partial charge in [-0.15, -0.1) is 0 Å². The lowest BCUT2D eigenvalue weighted by atomic mass is 10.1. The highest BCUT2D eigenvalue weighted by molar-refractivity contribution is 9.10. The van der Waals surface area contributed by atoms with E-state index in [1.54, 1.807) is 19.1 Å². The van der Waals surface area contributed by atoms with Crippen molar-refractivity contribution in [3.63, 3.8) is 0 Å². The normalized spacial score (nSPS) is 10.5. The Bertz CT molecular complexity index is 661. The van der Waals surface area contributed by atoms with Gasteiger partial charge in [0.25, 0.3) is 0 Å².